The predicted octanol–water partition coefficient (Wildman–Crippen LogP) is 4.12. The van der Waals surface area contributed by atoms with Crippen LogP contribution in [-0.2, 0) is 0 Å². The second-order valence-electron chi connectivity index (χ2n) is 5.06. The summed E-state index contributed by atoms with van der Waals surface area (Å²) in [4.78, 5) is 0. The highest BCUT2D eigenvalue weighted by atomic mass is 35.5. The molecule has 0 fully saturated rings. The molecule has 0 aliphatic carbocycles. The molecule has 0 aliphatic rings. The van der Waals surface area contributed by atoms with Gasteiger partial charge in [0.05, 0.1) is 18.2 Å². The molecule has 2 rings (SSSR count). The van der Waals surface area contributed by atoms with Crippen LogP contribution in [0.5, 0.6) is 11.5 Å². The molecule has 0 aromatic heterocycles. The second-order valence-corrected chi connectivity index (χ2v) is 5.46. The quantitative estimate of drug-likeness (QED) is 0.903. The zero-order valence-corrected chi connectivity index (χ0v) is 13.2. The highest BCUT2D eigenvalue weighted by Crippen LogP contribution is 2.28. The van der Waals surface area contributed by atoms with E-state index in [4.69, 9.17) is 26.8 Å². The fraction of sp³-hybridized carbons (Fsp3) is 0.294. The zero-order chi connectivity index (χ0) is 15.4. The maximum atomic E-state index is 6.25. The van der Waals surface area contributed by atoms with Crippen molar-refractivity contribution in [2.75, 3.05) is 7.11 Å². The first-order chi connectivity index (χ1) is 10.0. The molecular formula is C17H20ClNO2. The van der Waals surface area contributed by atoms with Crippen LogP contribution >= 0.6 is 11.6 Å². The topological polar surface area (TPSA) is 44.5 Å². The fourth-order valence-corrected chi connectivity index (χ4v) is 2.35. The van der Waals surface area contributed by atoms with Crippen molar-refractivity contribution in [3.63, 3.8) is 0 Å². The van der Waals surface area contributed by atoms with E-state index >= 15 is 0 Å². The lowest BCUT2D eigenvalue weighted by Gasteiger charge is -2.22. The van der Waals surface area contributed by atoms with E-state index in [2.05, 4.69) is 0 Å². The Labute approximate surface area is 130 Å². The summed E-state index contributed by atoms with van der Waals surface area (Å²) in [5.41, 5.74) is 8.34. The van der Waals surface area contributed by atoms with E-state index in [0.29, 0.717) is 10.8 Å². The molecule has 2 N–H and O–H groups in total. The van der Waals surface area contributed by atoms with E-state index in [1.807, 2.05) is 56.3 Å². The highest BCUT2D eigenvalue weighted by Gasteiger charge is 2.17. The molecule has 0 aliphatic heterocycles. The van der Waals surface area contributed by atoms with Crippen LogP contribution < -0.4 is 15.2 Å². The Kier molecular flexibility index (Phi) is 5.10. The number of rotatable bonds is 5. The monoisotopic (exact) mass is 305 g/mol. The van der Waals surface area contributed by atoms with Crippen LogP contribution in [0.4, 0.5) is 0 Å². The molecule has 0 saturated heterocycles. The molecule has 0 radical (unpaired) electrons. The van der Waals surface area contributed by atoms with Crippen LogP contribution in [0, 0.1) is 6.92 Å². The van der Waals surface area contributed by atoms with Gasteiger partial charge in [-0.3, -0.25) is 0 Å². The van der Waals surface area contributed by atoms with Crippen LogP contribution in [0.3, 0.4) is 0 Å². The van der Waals surface area contributed by atoms with Crippen molar-refractivity contribution < 1.29 is 9.47 Å². The first-order valence-corrected chi connectivity index (χ1v) is 7.21. The number of hydrogen-bond acceptors (Lipinski definition) is 3. The van der Waals surface area contributed by atoms with Gasteiger partial charge in [-0.05, 0) is 49.2 Å². The molecule has 2 unspecified atom stereocenters. The zero-order valence-electron chi connectivity index (χ0n) is 12.5. The lowest BCUT2D eigenvalue weighted by Crippen LogP contribution is -2.28. The SMILES string of the molecule is COc1ccc(C(N)C(C)Oc2ccc(C)cc2Cl)cc1. The Balaban J connectivity index is 2.09. The van der Waals surface area contributed by atoms with Gasteiger partial charge in [-0.15, -0.1) is 0 Å². The number of nitrogens with two attached hydrogens (primary N) is 1. The third-order valence-corrected chi connectivity index (χ3v) is 3.70. The van der Waals surface area contributed by atoms with Gasteiger partial charge in [-0.1, -0.05) is 29.8 Å². The lowest BCUT2D eigenvalue weighted by atomic mass is 10.0. The molecule has 2 aromatic carbocycles. The molecule has 0 bridgehead atoms. The molecule has 2 aromatic rings. The van der Waals surface area contributed by atoms with Crippen molar-refractivity contribution in [3.05, 3.63) is 58.6 Å². The molecule has 0 saturated carbocycles. The summed E-state index contributed by atoms with van der Waals surface area (Å²) in [6, 6.07) is 13.1. The molecule has 0 amide bonds. The summed E-state index contributed by atoms with van der Waals surface area (Å²) in [7, 11) is 1.64. The van der Waals surface area contributed by atoms with E-state index in [-0.39, 0.29) is 12.1 Å². The maximum absolute atomic E-state index is 6.25. The highest BCUT2D eigenvalue weighted by molar-refractivity contribution is 6.32. The Morgan fingerprint density at radius 1 is 1.10 bits per heavy atom. The van der Waals surface area contributed by atoms with Crippen LogP contribution in [0.1, 0.15) is 24.1 Å². The van der Waals surface area contributed by atoms with E-state index < -0.39 is 0 Å². The standard InChI is InChI=1S/C17H20ClNO2/c1-11-4-9-16(15(18)10-11)21-12(2)17(19)13-5-7-14(20-3)8-6-13/h4-10,12,17H,19H2,1-3H3. The van der Waals surface area contributed by atoms with Gasteiger partial charge in [-0.25, -0.2) is 0 Å². The third kappa shape index (κ3) is 3.90. The van der Waals surface area contributed by atoms with Crippen molar-refractivity contribution in [1.29, 1.82) is 0 Å². The molecule has 0 heterocycles. The molecule has 0 spiro atoms. The summed E-state index contributed by atoms with van der Waals surface area (Å²) < 4.78 is 11.0. The second kappa shape index (κ2) is 6.83. The minimum Gasteiger partial charge on any atom is -0.497 e. The Bertz CT molecular complexity index is 598. The van der Waals surface area contributed by atoms with Crippen LogP contribution in [0.15, 0.2) is 42.5 Å². The summed E-state index contributed by atoms with van der Waals surface area (Å²) in [6.07, 6.45) is -0.196. The van der Waals surface area contributed by atoms with Gasteiger partial charge in [0.2, 0.25) is 0 Å². The van der Waals surface area contributed by atoms with Crippen LogP contribution in [-0.4, -0.2) is 13.2 Å². The van der Waals surface area contributed by atoms with E-state index in [9.17, 15) is 0 Å². The average molecular weight is 306 g/mol. The van der Waals surface area contributed by atoms with Crippen molar-refractivity contribution in [2.45, 2.75) is 26.0 Å². The first kappa shape index (κ1) is 15.7. The van der Waals surface area contributed by atoms with Crippen molar-refractivity contribution in [3.8, 4) is 11.5 Å². The van der Waals surface area contributed by atoms with Gasteiger partial charge in [0.25, 0.3) is 0 Å². The minimum absolute atomic E-state index is 0.196. The van der Waals surface area contributed by atoms with Gasteiger partial charge in [-0.2, -0.15) is 0 Å². The van der Waals surface area contributed by atoms with E-state index in [0.717, 1.165) is 16.9 Å². The molecule has 2 atom stereocenters. The predicted molar refractivity (Wildman–Crippen MR) is 86.2 cm³/mol. The number of methoxy groups -OCH3 is 1. The largest absolute Gasteiger partial charge is 0.497 e. The minimum atomic E-state index is -0.242. The molecule has 3 nitrogen and oxygen atoms in total. The lowest BCUT2D eigenvalue weighted by molar-refractivity contribution is 0.190. The summed E-state index contributed by atoms with van der Waals surface area (Å²) in [6.45, 7) is 3.92. The Hall–Kier alpha value is -1.71. The molecule has 21 heavy (non-hydrogen) atoms. The number of aryl methyl sites for hydroxylation is 1. The molecule has 112 valence electrons. The summed E-state index contributed by atoms with van der Waals surface area (Å²) in [5.74, 6) is 1.46. The smallest absolute Gasteiger partial charge is 0.138 e. The summed E-state index contributed by atoms with van der Waals surface area (Å²) >= 11 is 6.18. The van der Waals surface area contributed by atoms with Gasteiger partial charge in [0.1, 0.15) is 17.6 Å². The van der Waals surface area contributed by atoms with Crippen molar-refractivity contribution in [2.24, 2.45) is 5.73 Å². The summed E-state index contributed by atoms with van der Waals surface area (Å²) in [5, 5.41) is 0.601. The van der Waals surface area contributed by atoms with Gasteiger partial charge in [0, 0.05) is 0 Å². The number of halogens is 1. The first-order valence-electron chi connectivity index (χ1n) is 6.83. The Morgan fingerprint density at radius 2 is 1.76 bits per heavy atom. The van der Waals surface area contributed by atoms with Gasteiger partial charge < -0.3 is 15.2 Å². The van der Waals surface area contributed by atoms with Crippen LogP contribution in [0.25, 0.3) is 0 Å². The van der Waals surface area contributed by atoms with E-state index in [1.165, 1.54) is 0 Å². The average Bonchev–Trinajstić information content (AvgIpc) is 2.49. The van der Waals surface area contributed by atoms with Crippen LogP contribution in [0.2, 0.25) is 5.02 Å². The third-order valence-electron chi connectivity index (χ3n) is 3.41. The van der Waals surface area contributed by atoms with Crippen molar-refractivity contribution in [1.82, 2.24) is 0 Å². The fourth-order valence-electron chi connectivity index (χ4n) is 2.07. The number of ether oxygens (including phenoxy) is 2. The molecule has 4 heteroatoms. The van der Waals surface area contributed by atoms with Gasteiger partial charge >= 0.3 is 0 Å². The number of benzene rings is 2. The molecular weight excluding hydrogens is 286 g/mol. The van der Waals surface area contributed by atoms with Crippen molar-refractivity contribution >= 4 is 11.6 Å². The Morgan fingerprint density at radius 3 is 2.33 bits per heavy atom. The van der Waals surface area contributed by atoms with E-state index in [1.54, 1.807) is 7.11 Å². The normalized spacial score (nSPS) is 13.6. The maximum Gasteiger partial charge on any atom is 0.138 e. The van der Waals surface area contributed by atoms with Gasteiger partial charge in [0.15, 0.2) is 0 Å². The number of hydrogen-bond donors (Lipinski definition) is 1.